The first-order valence-electron chi connectivity index (χ1n) is 40.8. The third-order valence-corrected chi connectivity index (χ3v) is 22.2. The van der Waals surface area contributed by atoms with Crippen LogP contribution in [0.2, 0.25) is 0 Å². The van der Waals surface area contributed by atoms with Gasteiger partial charge in [-0.3, -0.25) is 76.7 Å². The van der Waals surface area contributed by atoms with Crippen molar-refractivity contribution in [3.63, 3.8) is 0 Å². The van der Waals surface area contributed by atoms with E-state index >= 15 is 33.6 Å². The number of primary amides is 1. The molecule has 0 bridgehead atoms. The zero-order valence-electron chi connectivity index (χ0n) is 71.6. The maximum absolute atomic E-state index is 15.4. The number of hydrogen-bond acceptors (Lipinski definition) is 19. The van der Waals surface area contributed by atoms with Gasteiger partial charge in [-0.1, -0.05) is 154 Å². The van der Waals surface area contributed by atoms with Crippen molar-refractivity contribution in [2.45, 2.75) is 146 Å². The molecular weight excluding hydrogens is 1640 g/mol. The summed E-state index contributed by atoms with van der Waals surface area (Å²) in [5, 5.41) is 55.1. The SMILES string of the molecule is C=C(C)C1NC(=O)C(CC(=O)O)NC(=O)CN(C)C(=O)C(C)N(C)C(=O)C(Cc2ccccc2)N(C)C(=O)C(Cc2ccccc2)NC(=O)CSCC(C(=O)NCC(N)=O)NC(=O)C(CC(C)C)NC(=O)C(Cc2ccc(O)cc2)NC(=O)C(Cc2c[nH]c3ccccc23)NC(=O)CN(C)C(=O)C(Cc2ccc(O)cc2)NC(=O)C(Cc2ccccc2)N(C)C1=O. The molecule has 0 saturated carbocycles. The molecule has 11 atom stereocenters. The first kappa shape index (κ1) is 97.5. The molecule has 1 aromatic heterocycles. The topological polar surface area (TPSA) is 500 Å². The minimum Gasteiger partial charge on any atom is -0.508 e. The number of aromatic hydroxyl groups is 2. The number of fused-ring (bicyclic) bond motifs is 1. The predicted octanol–water partition coefficient (Wildman–Crippen LogP) is 1.08. The Balaban J connectivity index is 1.20. The van der Waals surface area contributed by atoms with Crippen LogP contribution in [0.15, 0.2) is 182 Å². The van der Waals surface area contributed by atoms with Gasteiger partial charge in [0.15, 0.2) is 0 Å². The lowest BCUT2D eigenvalue weighted by Gasteiger charge is -2.36. The summed E-state index contributed by atoms with van der Waals surface area (Å²) in [6, 6.07) is 26.5. The number of aromatic nitrogens is 1. The molecular formula is C90H110N16O19S. The number of carboxylic acids is 1. The Morgan fingerprint density at radius 1 is 0.476 bits per heavy atom. The zero-order chi connectivity index (χ0) is 92.2. The number of phenols is 2. The van der Waals surface area contributed by atoms with Crippen LogP contribution in [-0.4, -0.2) is 272 Å². The first-order valence-corrected chi connectivity index (χ1v) is 41.9. The van der Waals surface area contributed by atoms with Crippen LogP contribution in [0.3, 0.4) is 0 Å². The largest absolute Gasteiger partial charge is 0.508 e. The minimum atomic E-state index is -1.95. The average Bonchev–Trinajstić information content (AvgIpc) is 1.36. The molecule has 2 heterocycles. The molecule has 36 heteroatoms. The molecule has 0 aliphatic carbocycles. The number of hydrogen-bond donors (Lipinski definition) is 14. The Hall–Kier alpha value is -13.9. The number of benzene rings is 6. The van der Waals surface area contributed by atoms with Crippen LogP contribution in [0, 0.1) is 5.92 Å². The third-order valence-electron chi connectivity index (χ3n) is 21.2. The van der Waals surface area contributed by atoms with Crippen molar-refractivity contribution >= 4 is 117 Å². The van der Waals surface area contributed by atoms with E-state index in [0.717, 1.165) is 36.3 Å². The summed E-state index contributed by atoms with van der Waals surface area (Å²) in [7, 11) is 6.32. The van der Waals surface area contributed by atoms with Crippen LogP contribution in [0.25, 0.3) is 10.9 Å². The van der Waals surface area contributed by atoms with Crippen LogP contribution in [0.5, 0.6) is 11.5 Å². The second kappa shape index (κ2) is 46.5. The number of nitrogens with two attached hydrogens (primary N) is 1. The van der Waals surface area contributed by atoms with Crippen molar-refractivity contribution in [3.05, 3.63) is 216 Å². The van der Waals surface area contributed by atoms with E-state index in [9.17, 15) is 58.5 Å². The number of amides is 15. The van der Waals surface area contributed by atoms with Crippen LogP contribution in [0.1, 0.15) is 73.9 Å². The highest BCUT2D eigenvalue weighted by molar-refractivity contribution is 8.00. The number of carbonyl (C=O) groups excluding carboxylic acids is 15. The third kappa shape index (κ3) is 28.8. The lowest BCUT2D eigenvalue weighted by Crippen LogP contribution is -2.60. The highest BCUT2D eigenvalue weighted by atomic mass is 32.2. The summed E-state index contributed by atoms with van der Waals surface area (Å²) >= 11 is 0.820. The van der Waals surface area contributed by atoms with Gasteiger partial charge >= 0.3 is 5.97 Å². The number of para-hydroxylation sites is 1. The van der Waals surface area contributed by atoms with Crippen molar-refractivity contribution in [1.29, 1.82) is 0 Å². The van der Waals surface area contributed by atoms with E-state index in [1.807, 2.05) is 0 Å². The number of H-pyrrole nitrogens is 1. The van der Waals surface area contributed by atoms with E-state index in [2.05, 4.69) is 59.4 Å². The number of nitrogens with one attached hydrogen (secondary N) is 10. The van der Waals surface area contributed by atoms with Crippen LogP contribution in [-0.2, 0) is 115 Å². The fourth-order valence-corrected chi connectivity index (χ4v) is 15.0. The van der Waals surface area contributed by atoms with Crippen LogP contribution >= 0.6 is 11.8 Å². The number of aromatic amines is 1. The molecule has 6 aromatic carbocycles. The molecule has 1 aliphatic rings. The Morgan fingerprint density at radius 3 is 1.44 bits per heavy atom. The normalized spacial score (nSPS) is 22.1. The number of aliphatic carboxylic acids is 1. The molecule has 35 nitrogen and oxygen atoms in total. The molecule has 670 valence electrons. The van der Waals surface area contributed by atoms with E-state index < -0.39 is 193 Å². The quantitative estimate of drug-likeness (QED) is 0.0475. The lowest BCUT2D eigenvalue weighted by atomic mass is 9.99. The van der Waals surface area contributed by atoms with Crippen LogP contribution < -0.4 is 53.6 Å². The number of phenolic OH excluding ortho intramolecular Hbond substituents is 2. The fourth-order valence-electron chi connectivity index (χ4n) is 14.2. The van der Waals surface area contributed by atoms with Gasteiger partial charge in [-0.25, -0.2) is 0 Å². The number of nitrogens with zero attached hydrogens (tertiary/aromatic N) is 5. The first-order chi connectivity index (χ1) is 59.8. The molecule has 1 saturated heterocycles. The van der Waals surface area contributed by atoms with Gasteiger partial charge < -0.3 is 98.4 Å². The summed E-state index contributed by atoms with van der Waals surface area (Å²) in [6.07, 6.45) is -0.938. The van der Waals surface area contributed by atoms with Gasteiger partial charge in [-0.15, -0.1) is 11.8 Å². The van der Waals surface area contributed by atoms with Crippen LogP contribution in [0.4, 0.5) is 0 Å². The maximum Gasteiger partial charge on any atom is 0.305 e. The number of carboxylic acid groups (broad SMARTS) is 1. The predicted molar refractivity (Wildman–Crippen MR) is 468 cm³/mol. The average molecular weight is 1750 g/mol. The number of rotatable bonds is 20. The smallest absolute Gasteiger partial charge is 0.305 e. The van der Waals surface area contributed by atoms with E-state index in [4.69, 9.17) is 5.73 Å². The summed E-state index contributed by atoms with van der Waals surface area (Å²) in [4.78, 5) is 241. The number of thioether (sulfide) groups is 1. The molecule has 126 heavy (non-hydrogen) atoms. The minimum absolute atomic E-state index is 0.0376. The van der Waals surface area contributed by atoms with Crippen molar-refractivity contribution in [2.24, 2.45) is 11.7 Å². The molecule has 1 aliphatic heterocycles. The summed E-state index contributed by atoms with van der Waals surface area (Å²) in [5.74, 6) is -17.1. The molecule has 7 aromatic rings. The second-order valence-electron chi connectivity index (χ2n) is 31.6. The molecule has 0 radical (unpaired) electrons. The van der Waals surface area contributed by atoms with Gasteiger partial charge in [0.2, 0.25) is 88.6 Å². The van der Waals surface area contributed by atoms with Crippen molar-refractivity contribution < 1.29 is 92.0 Å². The monoisotopic (exact) mass is 1750 g/mol. The van der Waals surface area contributed by atoms with Crippen molar-refractivity contribution in [1.82, 2.24) is 77.3 Å². The summed E-state index contributed by atoms with van der Waals surface area (Å²) in [5.41, 5.74) is 8.98. The molecule has 15 amide bonds. The standard InChI is InChI=1S/C90H110N16O19S/c1-52(2)38-65-81(116)100-71(80(115)93-47-74(91)109)50-126-51-77(112)96-70(40-55-22-14-11-15-23-55)88(123)106(10)73(43-57-26-18-13-19-27-57)89(124)104(8)54(5)86(121)102(6)48-75(110)95-68(45-78(113)114)84(119)101-79(53(3)4)90(125)105(9)72(42-56-24-16-12-17-25-56)85(120)99-69(41-59-32-36-62(108)37-33-59)87(122)103(7)49-76(111)94-67(44-60-46-92-64-29-21-20-28-63(60)64)83(118)98-66(82(117)97-65)39-58-30-34-61(107)35-31-58/h11-37,46,52,54,65-73,79,92,107-108H,3,38-45,47-51H2,1-2,4-10H3,(H2,91,109)(H,93,115)(H,94,111)(H,95,110)(H,96,112)(H,97,117)(H,98,118)(H,99,120)(H,100,116)(H,101,119)(H,113,114). The fraction of sp³-hybridized carbons (Fsp3) is 0.378. The maximum atomic E-state index is 15.4. The van der Waals surface area contributed by atoms with E-state index in [0.29, 0.717) is 44.3 Å². The van der Waals surface area contributed by atoms with Gasteiger partial charge in [0.25, 0.3) is 0 Å². The molecule has 1 fully saturated rings. The van der Waals surface area contributed by atoms with Crippen molar-refractivity contribution in [2.75, 3.05) is 66.4 Å². The van der Waals surface area contributed by atoms with Gasteiger partial charge in [0, 0.05) is 96.6 Å². The Bertz CT molecular complexity index is 5060. The molecule has 0 spiro atoms. The Kier molecular flexibility index (Phi) is 36.0. The van der Waals surface area contributed by atoms with Gasteiger partial charge in [-0.05, 0) is 95.5 Å². The second-order valence-corrected chi connectivity index (χ2v) is 32.7. The van der Waals surface area contributed by atoms with E-state index in [1.54, 1.807) is 135 Å². The van der Waals surface area contributed by atoms with Crippen molar-refractivity contribution in [3.8, 4) is 11.5 Å². The lowest BCUT2D eigenvalue weighted by molar-refractivity contribution is -0.150. The molecule has 15 N–H and O–H groups in total. The number of likely N-dealkylation sites (N-methyl/N-ethyl adjacent to an activating group) is 5. The van der Waals surface area contributed by atoms with Gasteiger partial charge in [-0.2, -0.15) is 0 Å². The van der Waals surface area contributed by atoms with E-state index in [1.165, 1.54) is 97.6 Å². The zero-order valence-corrected chi connectivity index (χ0v) is 72.4. The van der Waals surface area contributed by atoms with Gasteiger partial charge in [0.05, 0.1) is 31.8 Å². The summed E-state index contributed by atoms with van der Waals surface area (Å²) < 4.78 is 0. The Morgan fingerprint density at radius 2 is 0.913 bits per heavy atom. The Labute approximate surface area is 733 Å². The molecule has 11 unspecified atom stereocenters. The summed E-state index contributed by atoms with van der Waals surface area (Å²) in [6.45, 7) is 7.78. The number of carbonyl (C=O) groups is 16. The molecule has 8 rings (SSSR count). The van der Waals surface area contributed by atoms with E-state index in [-0.39, 0.29) is 73.7 Å². The highest BCUT2D eigenvalue weighted by Crippen LogP contribution is 2.24. The van der Waals surface area contributed by atoms with Gasteiger partial charge in [0.1, 0.15) is 78.0 Å². The highest BCUT2D eigenvalue weighted by Gasteiger charge is 2.41.